The quantitative estimate of drug-likeness (QED) is 0.526. The van der Waals surface area contributed by atoms with Gasteiger partial charge >= 0.3 is 12.0 Å². The summed E-state index contributed by atoms with van der Waals surface area (Å²) in [6, 6.07) is 2.67. The van der Waals surface area contributed by atoms with E-state index in [1.165, 1.54) is 0 Å². The van der Waals surface area contributed by atoms with Crippen molar-refractivity contribution in [3.63, 3.8) is 0 Å². The molecule has 1 aromatic rings. The molecule has 9 heteroatoms. The molecule has 2 rings (SSSR count). The number of hydrogen-bond donors (Lipinski definition) is 2. The Balaban J connectivity index is 1.63. The first-order valence-electron chi connectivity index (χ1n) is 8.89. The number of carbonyl (C=O) groups is 4. The zero-order valence-electron chi connectivity index (χ0n) is 15.1. The molecule has 1 aromatic heterocycles. The summed E-state index contributed by atoms with van der Waals surface area (Å²) in [6.45, 7) is 1.50. The summed E-state index contributed by atoms with van der Waals surface area (Å²) in [5.74, 6) is -1.23. The molecule has 1 fully saturated rings. The highest BCUT2D eigenvalue weighted by atomic mass is 35.5. The van der Waals surface area contributed by atoms with Gasteiger partial charge in [-0.1, -0.05) is 31.4 Å². The third-order valence-electron chi connectivity index (χ3n) is 4.45. The molecule has 1 aliphatic rings. The number of ether oxygens (including phenoxy) is 1. The molecule has 148 valence electrons. The van der Waals surface area contributed by atoms with Crippen molar-refractivity contribution in [1.29, 1.82) is 0 Å². The predicted molar refractivity (Wildman–Crippen MR) is 102 cm³/mol. The standard InChI is InChI=1S/C18H23ClN2O5S/c1-11-4-2-3-5-12(11)20-18(25)21-16(23)10-26-17(24)9-6-13(22)14-7-8-15(19)27-14/h7-8,11-12H,2-6,9-10H2,1H3,(H2,20,21,23,25)/t11-,12+/m1/s1. The largest absolute Gasteiger partial charge is 0.456 e. The van der Waals surface area contributed by atoms with Crippen LogP contribution in [0, 0.1) is 5.92 Å². The number of amides is 3. The Bertz CT molecular complexity index is 706. The molecule has 2 N–H and O–H groups in total. The Kier molecular flexibility index (Phi) is 8.24. The van der Waals surface area contributed by atoms with E-state index in [-0.39, 0.29) is 24.7 Å². The number of esters is 1. The second kappa shape index (κ2) is 10.4. The highest BCUT2D eigenvalue weighted by molar-refractivity contribution is 7.18. The summed E-state index contributed by atoms with van der Waals surface area (Å²) < 4.78 is 5.30. The van der Waals surface area contributed by atoms with E-state index in [1.54, 1.807) is 12.1 Å². The van der Waals surface area contributed by atoms with Crippen LogP contribution in [0.15, 0.2) is 12.1 Å². The number of ketones is 1. The van der Waals surface area contributed by atoms with Crippen LogP contribution in [0.25, 0.3) is 0 Å². The third-order valence-corrected chi connectivity index (χ3v) is 5.72. The fraction of sp³-hybridized carbons (Fsp3) is 0.556. The molecule has 0 spiro atoms. The Labute approximate surface area is 166 Å². The molecule has 0 bridgehead atoms. The zero-order valence-corrected chi connectivity index (χ0v) is 16.7. The van der Waals surface area contributed by atoms with Crippen molar-refractivity contribution < 1.29 is 23.9 Å². The fourth-order valence-corrected chi connectivity index (χ4v) is 3.93. The second-order valence-corrected chi connectivity index (χ2v) is 8.29. The average Bonchev–Trinajstić information content (AvgIpc) is 3.06. The maximum Gasteiger partial charge on any atom is 0.321 e. The summed E-state index contributed by atoms with van der Waals surface area (Å²) >= 11 is 6.90. The van der Waals surface area contributed by atoms with E-state index < -0.39 is 24.5 Å². The first-order chi connectivity index (χ1) is 12.8. The Morgan fingerprint density at radius 2 is 1.93 bits per heavy atom. The lowest BCUT2D eigenvalue weighted by atomic mass is 9.86. The van der Waals surface area contributed by atoms with Crippen molar-refractivity contribution in [2.24, 2.45) is 5.92 Å². The molecule has 0 aromatic carbocycles. The lowest BCUT2D eigenvalue weighted by Crippen LogP contribution is -2.48. The van der Waals surface area contributed by atoms with Crippen LogP contribution in [-0.2, 0) is 14.3 Å². The number of urea groups is 1. The van der Waals surface area contributed by atoms with E-state index >= 15 is 0 Å². The number of imide groups is 1. The topological polar surface area (TPSA) is 102 Å². The van der Waals surface area contributed by atoms with Gasteiger partial charge in [0.25, 0.3) is 5.91 Å². The molecule has 0 radical (unpaired) electrons. The van der Waals surface area contributed by atoms with Crippen molar-refractivity contribution in [3.05, 3.63) is 21.3 Å². The van der Waals surface area contributed by atoms with Crippen LogP contribution in [0.3, 0.4) is 0 Å². The lowest BCUT2D eigenvalue weighted by molar-refractivity contribution is -0.148. The molecule has 1 saturated carbocycles. The van der Waals surface area contributed by atoms with Gasteiger partial charge in [-0.3, -0.25) is 19.7 Å². The Morgan fingerprint density at radius 3 is 2.59 bits per heavy atom. The minimum absolute atomic E-state index is 0.0304. The van der Waals surface area contributed by atoms with E-state index in [2.05, 4.69) is 17.6 Å². The summed E-state index contributed by atoms with van der Waals surface area (Å²) in [5, 5.41) is 4.93. The minimum atomic E-state index is -0.708. The monoisotopic (exact) mass is 414 g/mol. The zero-order chi connectivity index (χ0) is 19.8. The van der Waals surface area contributed by atoms with E-state index in [0.29, 0.717) is 15.1 Å². The van der Waals surface area contributed by atoms with Crippen LogP contribution >= 0.6 is 22.9 Å². The van der Waals surface area contributed by atoms with E-state index in [0.717, 1.165) is 37.0 Å². The molecular formula is C18H23ClN2O5S. The number of halogens is 1. The van der Waals surface area contributed by atoms with Crippen LogP contribution in [0.5, 0.6) is 0 Å². The van der Waals surface area contributed by atoms with Crippen molar-refractivity contribution in [2.75, 3.05) is 6.61 Å². The van der Waals surface area contributed by atoms with Crippen LogP contribution in [0.4, 0.5) is 4.79 Å². The molecule has 0 saturated heterocycles. The van der Waals surface area contributed by atoms with Crippen molar-refractivity contribution in [2.45, 2.75) is 51.5 Å². The van der Waals surface area contributed by atoms with E-state index in [1.807, 2.05) is 0 Å². The molecule has 1 heterocycles. The third kappa shape index (κ3) is 7.30. The normalized spacial score (nSPS) is 19.2. The van der Waals surface area contributed by atoms with Gasteiger partial charge in [0.15, 0.2) is 12.4 Å². The van der Waals surface area contributed by atoms with Gasteiger partial charge in [0, 0.05) is 12.5 Å². The van der Waals surface area contributed by atoms with Gasteiger partial charge in [-0.15, -0.1) is 11.3 Å². The van der Waals surface area contributed by atoms with Crippen LogP contribution in [0.2, 0.25) is 4.34 Å². The molecule has 1 aliphatic carbocycles. The molecule has 7 nitrogen and oxygen atoms in total. The SMILES string of the molecule is C[C@@H]1CCCC[C@@H]1NC(=O)NC(=O)COC(=O)CCC(=O)c1ccc(Cl)s1. The average molecular weight is 415 g/mol. The van der Waals surface area contributed by atoms with E-state index in [9.17, 15) is 19.2 Å². The summed E-state index contributed by atoms with van der Waals surface area (Å²) in [7, 11) is 0. The van der Waals surface area contributed by atoms with Gasteiger partial charge in [-0.25, -0.2) is 4.79 Å². The number of Topliss-reactive ketones (excluding diaryl/α,β-unsaturated/α-hetero) is 1. The van der Waals surface area contributed by atoms with Gasteiger partial charge in [-0.05, 0) is 30.9 Å². The number of rotatable bonds is 7. The van der Waals surface area contributed by atoms with Crippen molar-refractivity contribution in [3.8, 4) is 0 Å². The van der Waals surface area contributed by atoms with Gasteiger partial charge in [0.2, 0.25) is 0 Å². The summed E-state index contributed by atoms with van der Waals surface area (Å²) in [6.07, 6.45) is 3.97. The van der Waals surface area contributed by atoms with Gasteiger partial charge < -0.3 is 10.1 Å². The number of thiophene rings is 1. The predicted octanol–water partition coefficient (Wildman–Crippen LogP) is 3.31. The first kappa shape index (κ1) is 21.4. The van der Waals surface area contributed by atoms with Crippen LogP contribution in [-0.4, -0.2) is 36.3 Å². The Hall–Kier alpha value is -1.93. The van der Waals surface area contributed by atoms with Crippen molar-refractivity contribution in [1.82, 2.24) is 10.6 Å². The first-order valence-corrected chi connectivity index (χ1v) is 10.1. The summed E-state index contributed by atoms with van der Waals surface area (Å²) in [5.41, 5.74) is 0. The van der Waals surface area contributed by atoms with Crippen molar-refractivity contribution >= 4 is 46.6 Å². The molecule has 3 amide bonds. The van der Waals surface area contributed by atoms with Crippen LogP contribution in [0.1, 0.15) is 55.1 Å². The van der Waals surface area contributed by atoms with Gasteiger partial charge in [-0.2, -0.15) is 0 Å². The second-order valence-electron chi connectivity index (χ2n) is 6.58. The fourth-order valence-electron chi connectivity index (χ4n) is 2.92. The molecule has 2 atom stereocenters. The minimum Gasteiger partial charge on any atom is -0.456 e. The number of carbonyl (C=O) groups excluding carboxylic acids is 4. The maximum atomic E-state index is 11.9. The highest BCUT2D eigenvalue weighted by Crippen LogP contribution is 2.24. The highest BCUT2D eigenvalue weighted by Gasteiger charge is 2.23. The maximum absolute atomic E-state index is 11.9. The number of nitrogens with one attached hydrogen (secondary N) is 2. The molecule has 0 aliphatic heterocycles. The van der Waals surface area contributed by atoms with Crippen LogP contribution < -0.4 is 10.6 Å². The van der Waals surface area contributed by atoms with E-state index in [4.69, 9.17) is 16.3 Å². The van der Waals surface area contributed by atoms with Gasteiger partial charge in [0.05, 0.1) is 15.6 Å². The molecular weight excluding hydrogens is 392 g/mol. The Morgan fingerprint density at radius 1 is 1.19 bits per heavy atom. The number of hydrogen-bond acceptors (Lipinski definition) is 6. The summed E-state index contributed by atoms with van der Waals surface area (Å²) in [4.78, 5) is 47.6. The molecule has 0 unspecified atom stereocenters. The smallest absolute Gasteiger partial charge is 0.321 e. The lowest BCUT2D eigenvalue weighted by Gasteiger charge is -2.29. The van der Waals surface area contributed by atoms with Gasteiger partial charge in [0.1, 0.15) is 0 Å². The molecule has 27 heavy (non-hydrogen) atoms.